The van der Waals surface area contributed by atoms with Crippen molar-refractivity contribution in [3.8, 4) is 0 Å². The molecule has 19 heavy (non-hydrogen) atoms. The van der Waals surface area contributed by atoms with Crippen LogP contribution in [0.3, 0.4) is 0 Å². The molecule has 0 fully saturated rings. The highest BCUT2D eigenvalue weighted by molar-refractivity contribution is 9.10. The summed E-state index contributed by atoms with van der Waals surface area (Å²) in [5.41, 5.74) is 1.31. The molecule has 0 spiro atoms. The largest absolute Gasteiger partial charge is 0.348 e. The lowest BCUT2D eigenvalue weighted by atomic mass is 10.2. The standard InChI is InChI=1S/C14H10BrCl2NO/c15-10-6-4-9(5-7-10)14(19)18-8-11-12(16)2-1-3-13(11)17/h1-7H,8H2,(H,18,19). The molecule has 0 unspecified atom stereocenters. The molecule has 0 aliphatic carbocycles. The van der Waals surface area contributed by atoms with E-state index in [0.29, 0.717) is 22.2 Å². The van der Waals surface area contributed by atoms with E-state index in [9.17, 15) is 4.79 Å². The van der Waals surface area contributed by atoms with Gasteiger partial charge in [-0.25, -0.2) is 0 Å². The molecular formula is C14H10BrCl2NO. The number of carbonyl (C=O) groups excluding carboxylic acids is 1. The van der Waals surface area contributed by atoms with E-state index in [4.69, 9.17) is 23.2 Å². The van der Waals surface area contributed by atoms with Crippen LogP contribution in [0, 0.1) is 0 Å². The predicted octanol–water partition coefficient (Wildman–Crippen LogP) is 4.69. The number of carbonyl (C=O) groups is 1. The molecular weight excluding hydrogens is 349 g/mol. The third-order valence-corrected chi connectivity index (χ3v) is 3.83. The summed E-state index contributed by atoms with van der Waals surface area (Å²) in [7, 11) is 0. The van der Waals surface area contributed by atoms with E-state index in [0.717, 1.165) is 10.0 Å². The molecule has 2 nitrogen and oxygen atoms in total. The molecule has 0 heterocycles. The molecule has 1 N–H and O–H groups in total. The molecule has 98 valence electrons. The smallest absolute Gasteiger partial charge is 0.251 e. The first-order valence-electron chi connectivity index (χ1n) is 5.54. The molecule has 5 heteroatoms. The molecule has 0 saturated carbocycles. The summed E-state index contributed by atoms with van der Waals surface area (Å²) in [4.78, 5) is 11.9. The number of halogens is 3. The fourth-order valence-corrected chi connectivity index (χ4v) is 2.37. The maximum absolute atomic E-state index is 11.9. The Kier molecular flexibility index (Phi) is 4.86. The maximum Gasteiger partial charge on any atom is 0.251 e. The number of rotatable bonds is 3. The van der Waals surface area contributed by atoms with Crippen molar-refractivity contribution in [3.05, 3.63) is 68.1 Å². The zero-order valence-electron chi connectivity index (χ0n) is 9.79. The van der Waals surface area contributed by atoms with Crippen LogP contribution in [-0.2, 0) is 6.54 Å². The summed E-state index contributed by atoms with van der Waals surface area (Å²) in [6.45, 7) is 0.299. The van der Waals surface area contributed by atoms with Gasteiger partial charge in [0.05, 0.1) is 0 Å². The normalized spacial score (nSPS) is 10.3. The van der Waals surface area contributed by atoms with Gasteiger partial charge in [-0.2, -0.15) is 0 Å². The van der Waals surface area contributed by atoms with Crippen LogP contribution in [0.25, 0.3) is 0 Å². The topological polar surface area (TPSA) is 29.1 Å². The fraction of sp³-hybridized carbons (Fsp3) is 0.0714. The number of benzene rings is 2. The molecule has 2 aromatic rings. The fourth-order valence-electron chi connectivity index (χ4n) is 1.57. The Balaban J connectivity index is 2.06. The van der Waals surface area contributed by atoms with Gasteiger partial charge >= 0.3 is 0 Å². The summed E-state index contributed by atoms with van der Waals surface area (Å²) in [5.74, 6) is -0.163. The first kappa shape index (κ1) is 14.4. The second-order valence-electron chi connectivity index (χ2n) is 3.89. The molecule has 0 saturated heterocycles. The monoisotopic (exact) mass is 357 g/mol. The van der Waals surface area contributed by atoms with E-state index in [2.05, 4.69) is 21.2 Å². The van der Waals surface area contributed by atoms with E-state index < -0.39 is 0 Å². The zero-order valence-corrected chi connectivity index (χ0v) is 12.9. The van der Waals surface area contributed by atoms with Gasteiger partial charge in [0, 0.05) is 32.2 Å². The molecule has 0 radical (unpaired) electrons. The summed E-state index contributed by atoms with van der Waals surface area (Å²) in [6.07, 6.45) is 0. The molecule has 0 aliphatic heterocycles. The summed E-state index contributed by atoms with van der Waals surface area (Å²) < 4.78 is 0.929. The molecule has 2 aromatic carbocycles. The summed E-state index contributed by atoms with van der Waals surface area (Å²) in [6, 6.07) is 12.4. The predicted molar refractivity (Wildman–Crippen MR) is 81.8 cm³/mol. The van der Waals surface area contributed by atoms with E-state index in [1.165, 1.54) is 0 Å². The van der Waals surface area contributed by atoms with Crippen molar-refractivity contribution in [3.63, 3.8) is 0 Å². The molecule has 0 atom stereocenters. The van der Waals surface area contributed by atoms with Crippen LogP contribution in [0.5, 0.6) is 0 Å². The van der Waals surface area contributed by atoms with Crippen LogP contribution in [0.1, 0.15) is 15.9 Å². The van der Waals surface area contributed by atoms with E-state index in [1.54, 1.807) is 30.3 Å². The summed E-state index contributed by atoms with van der Waals surface area (Å²) in [5, 5.41) is 3.88. The Morgan fingerprint density at radius 3 is 2.21 bits per heavy atom. The third-order valence-electron chi connectivity index (χ3n) is 2.59. The number of hydrogen-bond donors (Lipinski definition) is 1. The van der Waals surface area contributed by atoms with Crippen molar-refractivity contribution < 1.29 is 4.79 Å². The minimum absolute atomic E-state index is 0.163. The minimum atomic E-state index is -0.163. The van der Waals surface area contributed by atoms with Crippen molar-refractivity contribution in [2.24, 2.45) is 0 Å². The first-order chi connectivity index (χ1) is 9.08. The van der Waals surface area contributed by atoms with Gasteiger partial charge < -0.3 is 5.32 Å². The van der Waals surface area contributed by atoms with Crippen molar-refractivity contribution in [2.45, 2.75) is 6.54 Å². The lowest BCUT2D eigenvalue weighted by molar-refractivity contribution is 0.0951. The lowest BCUT2D eigenvalue weighted by Gasteiger charge is -2.08. The third kappa shape index (κ3) is 3.72. The van der Waals surface area contributed by atoms with Crippen LogP contribution >= 0.6 is 39.1 Å². The van der Waals surface area contributed by atoms with Gasteiger partial charge in [0.25, 0.3) is 5.91 Å². The Labute approximate surface area is 129 Å². The quantitative estimate of drug-likeness (QED) is 0.847. The SMILES string of the molecule is O=C(NCc1c(Cl)cccc1Cl)c1ccc(Br)cc1. The molecule has 0 bridgehead atoms. The number of nitrogens with one attached hydrogen (secondary N) is 1. The van der Waals surface area contributed by atoms with Crippen LogP contribution in [0.4, 0.5) is 0 Å². The van der Waals surface area contributed by atoms with Gasteiger partial charge in [0.2, 0.25) is 0 Å². The van der Waals surface area contributed by atoms with Crippen molar-refractivity contribution in [1.82, 2.24) is 5.32 Å². The van der Waals surface area contributed by atoms with Gasteiger partial charge in [0.15, 0.2) is 0 Å². The Morgan fingerprint density at radius 2 is 1.63 bits per heavy atom. The number of amides is 1. The van der Waals surface area contributed by atoms with Crippen LogP contribution in [-0.4, -0.2) is 5.91 Å². The highest BCUT2D eigenvalue weighted by atomic mass is 79.9. The van der Waals surface area contributed by atoms with Gasteiger partial charge in [-0.05, 0) is 36.4 Å². The molecule has 1 amide bonds. The van der Waals surface area contributed by atoms with Gasteiger partial charge in [-0.3, -0.25) is 4.79 Å². The van der Waals surface area contributed by atoms with Crippen LogP contribution in [0.15, 0.2) is 46.9 Å². The van der Waals surface area contributed by atoms with Crippen molar-refractivity contribution in [2.75, 3.05) is 0 Å². The minimum Gasteiger partial charge on any atom is -0.348 e. The summed E-state index contributed by atoms with van der Waals surface area (Å²) >= 11 is 15.4. The Hall–Kier alpha value is -1.03. The maximum atomic E-state index is 11.9. The van der Waals surface area contributed by atoms with Gasteiger partial charge in [-0.1, -0.05) is 45.2 Å². The Morgan fingerprint density at radius 1 is 1.05 bits per heavy atom. The van der Waals surface area contributed by atoms with Crippen LogP contribution in [0.2, 0.25) is 10.0 Å². The molecule has 0 aromatic heterocycles. The van der Waals surface area contributed by atoms with E-state index in [1.807, 2.05) is 12.1 Å². The van der Waals surface area contributed by atoms with Gasteiger partial charge in [0.1, 0.15) is 0 Å². The van der Waals surface area contributed by atoms with Crippen LogP contribution < -0.4 is 5.32 Å². The highest BCUT2D eigenvalue weighted by Gasteiger charge is 2.09. The van der Waals surface area contributed by atoms with Crippen molar-refractivity contribution >= 4 is 45.0 Å². The molecule has 0 aliphatic rings. The second kappa shape index (κ2) is 6.42. The van der Waals surface area contributed by atoms with Crippen molar-refractivity contribution in [1.29, 1.82) is 0 Å². The Bertz CT molecular complexity index is 579. The van der Waals surface area contributed by atoms with E-state index >= 15 is 0 Å². The van der Waals surface area contributed by atoms with E-state index in [-0.39, 0.29) is 5.91 Å². The van der Waals surface area contributed by atoms with Gasteiger partial charge in [-0.15, -0.1) is 0 Å². The lowest BCUT2D eigenvalue weighted by Crippen LogP contribution is -2.23. The average Bonchev–Trinajstić information content (AvgIpc) is 2.38. The first-order valence-corrected chi connectivity index (χ1v) is 7.09. The average molecular weight is 359 g/mol. The highest BCUT2D eigenvalue weighted by Crippen LogP contribution is 2.24. The second-order valence-corrected chi connectivity index (χ2v) is 5.62. The zero-order chi connectivity index (χ0) is 13.8. The molecule has 2 rings (SSSR count). The number of hydrogen-bond acceptors (Lipinski definition) is 1.